The standard InChI is InChI=1S/C20H23N3O5S/c1-4-5-9-22-19(25)18-15(8-10-29-18)23(20(22)26)12-17(24)21-14-7-6-13(27-2)11-16(14)28-3/h6-8,10-11,18H,4-5,9,12H2,1-3H3/p+1. The number of nitrogens with zero attached hydrogens (tertiary/aromatic N) is 2. The van der Waals surface area contributed by atoms with Crippen LogP contribution in [0.1, 0.15) is 19.8 Å². The second-order valence-electron chi connectivity index (χ2n) is 6.57. The van der Waals surface area contributed by atoms with Crippen molar-refractivity contribution in [2.45, 2.75) is 25.0 Å². The van der Waals surface area contributed by atoms with Crippen LogP contribution < -0.4 is 14.8 Å². The lowest BCUT2D eigenvalue weighted by molar-refractivity contribution is -0.425. The van der Waals surface area contributed by atoms with Crippen LogP contribution in [0.3, 0.4) is 0 Å². The number of imide groups is 1. The van der Waals surface area contributed by atoms with Crippen molar-refractivity contribution in [3.05, 3.63) is 29.7 Å². The summed E-state index contributed by atoms with van der Waals surface area (Å²) in [6.07, 6.45) is 3.31. The van der Waals surface area contributed by atoms with Gasteiger partial charge in [-0.25, -0.2) is 4.79 Å². The minimum absolute atomic E-state index is 0.194. The van der Waals surface area contributed by atoms with Gasteiger partial charge < -0.3 is 14.8 Å². The number of rotatable bonds is 8. The first-order valence-electron chi connectivity index (χ1n) is 9.33. The third kappa shape index (κ3) is 4.29. The van der Waals surface area contributed by atoms with Crippen molar-refractivity contribution < 1.29 is 28.4 Å². The average Bonchev–Trinajstić information content (AvgIpc) is 3.21. The fourth-order valence-electron chi connectivity index (χ4n) is 3.17. The molecule has 1 aromatic carbocycles. The van der Waals surface area contributed by atoms with E-state index in [0.29, 0.717) is 29.4 Å². The number of benzene rings is 1. The molecule has 1 N–H and O–H groups in total. The number of methoxy groups -OCH3 is 2. The van der Waals surface area contributed by atoms with Gasteiger partial charge in [0.15, 0.2) is 11.8 Å². The maximum absolute atomic E-state index is 12.9. The fourth-order valence-corrected chi connectivity index (χ4v) is 4.13. The lowest BCUT2D eigenvalue weighted by atomic mass is 10.1. The van der Waals surface area contributed by atoms with E-state index in [2.05, 4.69) is 5.32 Å². The maximum Gasteiger partial charge on any atom is 0.501 e. The van der Waals surface area contributed by atoms with Crippen LogP contribution in [0.5, 0.6) is 11.5 Å². The molecule has 4 amide bonds. The Bertz CT molecular complexity index is 896. The Morgan fingerprint density at radius 1 is 1.28 bits per heavy atom. The number of urea groups is 1. The molecule has 2 heterocycles. The fraction of sp³-hybridized carbons (Fsp3) is 0.400. The van der Waals surface area contributed by atoms with Crippen LogP contribution in [0, 0.1) is 0 Å². The lowest BCUT2D eigenvalue weighted by Gasteiger charge is -2.24. The van der Waals surface area contributed by atoms with Gasteiger partial charge in [-0.15, -0.1) is 11.8 Å². The summed E-state index contributed by atoms with van der Waals surface area (Å²) >= 11 is 1.35. The summed E-state index contributed by atoms with van der Waals surface area (Å²) in [7, 11) is 3.04. The minimum atomic E-state index is -0.479. The zero-order valence-electron chi connectivity index (χ0n) is 16.6. The van der Waals surface area contributed by atoms with Gasteiger partial charge in [0.2, 0.25) is 0 Å². The average molecular weight is 418 g/mol. The third-order valence-corrected chi connectivity index (χ3v) is 5.71. The molecule has 1 aromatic rings. The van der Waals surface area contributed by atoms with E-state index in [1.54, 1.807) is 36.8 Å². The van der Waals surface area contributed by atoms with Gasteiger partial charge in [-0.05, 0) is 30.0 Å². The maximum atomic E-state index is 12.9. The molecule has 2 aliphatic heterocycles. The SMILES string of the molecule is CCCCN1C(=O)C2SC=CC2=[N+](CC(=O)Nc2ccc(OC)cc2OC)C1=O. The highest BCUT2D eigenvalue weighted by Crippen LogP contribution is 2.30. The molecule has 9 heteroatoms. The first-order chi connectivity index (χ1) is 14.0. The topological polar surface area (TPSA) is 88.0 Å². The molecule has 1 atom stereocenters. The summed E-state index contributed by atoms with van der Waals surface area (Å²) < 4.78 is 11.8. The number of hydrogen-bond acceptors (Lipinski definition) is 6. The van der Waals surface area contributed by atoms with Gasteiger partial charge in [-0.3, -0.25) is 4.79 Å². The highest BCUT2D eigenvalue weighted by Gasteiger charge is 2.49. The van der Waals surface area contributed by atoms with Gasteiger partial charge in [0.1, 0.15) is 17.2 Å². The number of carbonyl (C=O) groups is 3. The quantitative estimate of drug-likeness (QED) is 0.653. The number of thioether (sulfide) groups is 1. The Balaban J connectivity index is 1.81. The molecule has 29 heavy (non-hydrogen) atoms. The van der Waals surface area contributed by atoms with Crippen LogP contribution in [-0.4, -0.2) is 65.6 Å². The van der Waals surface area contributed by atoms with Crippen molar-refractivity contribution in [3.63, 3.8) is 0 Å². The molecule has 8 nitrogen and oxygen atoms in total. The first kappa shape index (κ1) is 20.9. The Kier molecular flexibility index (Phi) is 6.58. The summed E-state index contributed by atoms with van der Waals surface area (Å²) in [6, 6.07) is 4.58. The number of amides is 4. The van der Waals surface area contributed by atoms with E-state index in [9.17, 15) is 14.4 Å². The molecule has 154 valence electrons. The highest BCUT2D eigenvalue weighted by atomic mass is 32.2. The number of anilines is 1. The number of carbonyl (C=O) groups excluding carboxylic acids is 3. The summed E-state index contributed by atoms with van der Waals surface area (Å²) in [5.41, 5.74) is 1.02. The highest BCUT2D eigenvalue weighted by molar-refractivity contribution is 8.04. The minimum Gasteiger partial charge on any atom is -0.497 e. The van der Waals surface area contributed by atoms with Crippen molar-refractivity contribution in [2.75, 3.05) is 32.6 Å². The second-order valence-corrected chi connectivity index (χ2v) is 7.59. The van der Waals surface area contributed by atoms with E-state index in [1.165, 1.54) is 28.3 Å². The second kappa shape index (κ2) is 9.13. The molecule has 0 fully saturated rings. The van der Waals surface area contributed by atoms with Crippen molar-refractivity contribution >= 4 is 41.0 Å². The van der Waals surface area contributed by atoms with Crippen LogP contribution in [0.4, 0.5) is 10.5 Å². The third-order valence-electron chi connectivity index (χ3n) is 4.71. The zero-order chi connectivity index (χ0) is 21.0. The Hall–Kier alpha value is -2.81. The van der Waals surface area contributed by atoms with Gasteiger partial charge in [0.05, 0.1) is 26.5 Å². The molecule has 3 rings (SSSR count). The Morgan fingerprint density at radius 2 is 2.07 bits per heavy atom. The summed E-state index contributed by atoms with van der Waals surface area (Å²) in [6.45, 7) is 2.15. The molecule has 0 spiro atoms. The summed E-state index contributed by atoms with van der Waals surface area (Å²) in [5, 5.41) is 4.07. The van der Waals surface area contributed by atoms with Gasteiger partial charge in [0.25, 0.3) is 5.91 Å². The van der Waals surface area contributed by atoms with Crippen LogP contribution in [0.15, 0.2) is 29.7 Å². The largest absolute Gasteiger partial charge is 0.501 e. The van der Waals surface area contributed by atoms with E-state index in [4.69, 9.17) is 9.47 Å². The summed E-state index contributed by atoms with van der Waals surface area (Å²) in [4.78, 5) is 39.5. The Morgan fingerprint density at radius 3 is 2.76 bits per heavy atom. The molecule has 0 bridgehead atoms. The number of fused-ring (bicyclic) bond motifs is 1. The van der Waals surface area contributed by atoms with Crippen LogP contribution in [0.2, 0.25) is 0 Å². The molecule has 0 radical (unpaired) electrons. The monoisotopic (exact) mass is 418 g/mol. The van der Waals surface area contributed by atoms with Crippen molar-refractivity contribution in [2.24, 2.45) is 0 Å². The van der Waals surface area contributed by atoms with Gasteiger partial charge in [0, 0.05) is 6.07 Å². The number of allylic oxidation sites excluding steroid dienone is 1. The molecule has 1 unspecified atom stereocenters. The molecular weight excluding hydrogens is 394 g/mol. The van der Waals surface area contributed by atoms with Gasteiger partial charge in [-0.1, -0.05) is 13.3 Å². The lowest BCUT2D eigenvalue weighted by Crippen LogP contribution is -2.56. The Labute approximate surface area is 173 Å². The smallest absolute Gasteiger partial charge is 0.497 e. The van der Waals surface area contributed by atoms with Gasteiger partial charge >= 0.3 is 11.9 Å². The molecule has 0 saturated heterocycles. The zero-order valence-corrected chi connectivity index (χ0v) is 17.5. The molecule has 0 saturated carbocycles. The summed E-state index contributed by atoms with van der Waals surface area (Å²) in [5.74, 6) is 0.442. The first-order valence-corrected chi connectivity index (χ1v) is 10.3. The number of hydrogen-bond donors (Lipinski definition) is 1. The molecule has 2 aliphatic rings. The van der Waals surface area contributed by atoms with E-state index < -0.39 is 11.3 Å². The van der Waals surface area contributed by atoms with E-state index >= 15 is 0 Å². The van der Waals surface area contributed by atoms with E-state index in [1.807, 2.05) is 6.92 Å². The van der Waals surface area contributed by atoms with Crippen LogP contribution in [0.25, 0.3) is 0 Å². The molecule has 0 aromatic heterocycles. The van der Waals surface area contributed by atoms with Gasteiger partial charge in [-0.2, -0.15) is 14.3 Å². The molecular formula is C20H24N3O5S+. The van der Waals surface area contributed by atoms with Crippen LogP contribution in [-0.2, 0) is 9.59 Å². The number of nitrogens with one attached hydrogen (secondary N) is 1. The van der Waals surface area contributed by atoms with E-state index in [0.717, 1.165) is 12.8 Å². The van der Waals surface area contributed by atoms with E-state index in [-0.39, 0.29) is 18.4 Å². The predicted octanol–water partition coefficient (Wildman–Crippen LogP) is 2.49. The van der Waals surface area contributed by atoms with Crippen molar-refractivity contribution in [1.29, 1.82) is 0 Å². The molecule has 0 aliphatic carbocycles. The van der Waals surface area contributed by atoms with Crippen molar-refractivity contribution in [3.8, 4) is 11.5 Å². The van der Waals surface area contributed by atoms with Crippen molar-refractivity contribution in [1.82, 2.24) is 4.90 Å². The normalized spacial score (nSPS) is 18.2. The number of unbranched alkanes of at least 4 members (excludes halogenated alkanes) is 1. The number of ether oxygens (including phenoxy) is 2. The van der Waals surface area contributed by atoms with Crippen LogP contribution >= 0.6 is 11.8 Å². The predicted molar refractivity (Wildman–Crippen MR) is 111 cm³/mol.